The standard InChI is InChI=1S/C17H16N2O4/c1-19-16-10-7-6-9(22-2)8-13(10)23-17(16,21)11-4-3-5-12(18)14(11)15(16)20/h3-8,19,21H,18H2,1-2H3. The highest BCUT2D eigenvalue weighted by Gasteiger charge is 2.70. The van der Waals surface area contributed by atoms with Gasteiger partial charge in [0.2, 0.25) is 0 Å². The van der Waals surface area contributed by atoms with Gasteiger partial charge in [0, 0.05) is 22.9 Å². The number of methoxy groups -OCH3 is 1. The number of aliphatic hydroxyl groups is 1. The van der Waals surface area contributed by atoms with Crippen LogP contribution in [0.2, 0.25) is 0 Å². The Morgan fingerprint density at radius 1 is 1.26 bits per heavy atom. The summed E-state index contributed by atoms with van der Waals surface area (Å²) in [5, 5.41) is 14.3. The molecule has 1 aliphatic carbocycles. The van der Waals surface area contributed by atoms with Crippen molar-refractivity contribution in [1.82, 2.24) is 5.32 Å². The van der Waals surface area contributed by atoms with Crippen molar-refractivity contribution in [2.24, 2.45) is 0 Å². The number of nitrogens with one attached hydrogen (secondary N) is 1. The van der Waals surface area contributed by atoms with Gasteiger partial charge in [-0.3, -0.25) is 10.1 Å². The highest BCUT2D eigenvalue weighted by molar-refractivity contribution is 6.13. The van der Waals surface area contributed by atoms with Crippen LogP contribution >= 0.6 is 0 Å². The van der Waals surface area contributed by atoms with E-state index in [0.29, 0.717) is 33.9 Å². The maximum Gasteiger partial charge on any atom is 0.266 e. The molecule has 6 heteroatoms. The van der Waals surface area contributed by atoms with Crippen LogP contribution in [0, 0.1) is 0 Å². The van der Waals surface area contributed by atoms with Gasteiger partial charge in [0.1, 0.15) is 11.5 Å². The van der Waals surface area contributed by atoms with E-state index < -0.39 is 11.3 Å². The summed E-state index contributed by atoms with van der Waals surface area (Å²) in [6.45, 7) is 0. The van der Waals surface area contributed by atoms with Gasteiger partial charge >= 0.3 is 0 Å². The van der Waals surface area contributed by atoms with Crippen LogP contribution in [0.25, 0.3) is 0 Å². The van der Waals surface area contributed by atoms with Crippen molar-refractivity contribution in [1.29, 1.82) is 0 Å². The first-order valence-corrected chi connectivity index (χ1v) is 7.22. The molecule has 0 aromatic heterocycles. The lowest BCUT2D eigenvalue weighted by Crippen LogP contribution is -2.57. The molecule has 2 unspecified atom stereocenters. The Labute approximate surface area is 132 Å². The second-order valence-corrected chi connectivity index (χ2v) is 5.71. The van der Waals surface area contributed by atoms with E-state index in [-0.39, 0.29) is 5.78 Å². The molecule has 2 aromatic rings. The zero-order chi connectivity index (χ0) is 16.4. The fourth-order valence-corrected chi connectivity index (χ4v) is 3.69. The van der Waals surface area contributed by atoms with Crippen LogP contribution in [-0.4, -0.2) is 25.0 Å². The highest BCUT2D eigenvalue weighted by atomic mass is 16.6. The van der Waals surface area contributed by atoms with E-state index in [4.69, 9.17) is 15.2 Å². The van der Waals surface area contributed by atoms with Crippen LogP contribution in [0.3, 0.4) is 0 Å². The molecule has 1 aliphatic heterocycles. The summed E-state index contributed by atoms with van der Waals surface area (Å²) in [6.07, 6.45) is 0. The van der Waals surface area contributed by atoms with Crippen molar-refractivity contribution < 1.29 is 19.4 Å². The van der Waals surface area contributed by atoms with E-state index in [1.807, 2.05) is 0 Å². The van der Waals surface area contributed by atoms with Gasteiger partial charge < -0.3 is 20.3 Å². The normalized spacial score (nSPS) is 27.2. The number of carbonyl (C=O) groups excluding carboxylic acids is 1. The molecule has 0 fully saturated rings. The second kappa shape index (κ2) is 4.24. The van der Waals surface area contributed by atoms with Gasteiger partial charge in [-0.25, -0.2) is 0 Å². The summed E-state index contributed by atoms with van der Waals surface area (Å²) in [6, 6.07) is 10.1. The fourth-order valence-electron chi connectivity index (χ4n) is 3.69. The van der Waals surface area contributed by atoms with E-state index in [9.17, 15) is 9.90 Å². The molecule has 0 amide bonds. The predicted octanol–water partition coefficient (Wildman–Crippen LogP) is 1.13. The number of anilines is 1. The molecule has 1 heterocycles. The summed E-state index contributed by atoms with van der Waals surface area (Å²) in [7, 11) is 3.16. The SMILES string of the molecule is CNC12C(=O)c3c(N)cccc3C1(O)Oc1cc(OC)ccc12. The van der Waals surface area contributed by atoms with Gasteiger partial charge in [0.25, 0.3) is 5.79 Å². The first kappa shape index (κ1) is 14.0. The Balaban J connectivity index is 2.04. The minimum absolute atomic E-state index is 0.297. The summed E-state index contributed by atoms with van der Waals surface area (Å²) >= 11 is 0. The number of likely N-dealkylation sites (N-methyl/N-ethyl adjacent to an activating group) is 1. The molecular weight excluding hydrogens is 296 g/mol. The molecule has 23 heavy (non-hydrogen) atoms. The topological polar surface area (TPSA) is 93.8 Å². The lowest BCUT2D eigenvalue weighted by molar-refractivity contribution is -0.170. The molecule has 4 rings (SSSR count). The third-order valence-corrected chi connectivity index (χ3v) is 4.76. The van der Waals surface area contributed by atoms with Crippen LogP contribution in [0.4, 0.5) is 5.69 Å². The first-order valence-electron chi connectivity index (χ1n) is 7.22. The number of nitrogen functional groups attached to an aromatic ring is 1. The van der Waals surface area contributed by atoms with Crippen molar-refractivity contribution in [3.8, 4) is 11.5 Å². The number of Topliss-reactive ketones (excluding diaryl/α,β-unsaturated/α-hetero) is 1. The van der Waals surface area contributed by atoms with Crippen molar-refractivity contribution in [3.05, 3.63) is 53.1 Å². The zero-order valence-electron chi connectivity index (χ0n) is 12.7. The van der Waals surface area contributed by atoms with Crippen molar-refractivity contribution in [2.45, 2.75) is 11.3 Å². The van der Waals surface area contributed by atoms with E-state index in [1.165, 1.54) is 0 Å². The minimum atomic E-state index is -1.85. The maximum absolute atomic E-state index is 13.2. The van der Waals surface area contributed by atoms with Crippen LogP contribution in [0.5, 0.6) is 11.5 Å². The number of benzene rings is 2. The van der Waals surface area contributed by atoms with Crippen LogP contribution < -0.4 is 20.5 Å². The largest absolute Gasteiger partial charge is 0.497 e. The number of fused-ring (bicyclic) bond motifs is 5. The van der Waals surface area contributed by atoms with Gasteiger partial charge in [0.15, 0.2) is 11.3 Å². The average molecular weight is 312 g/mol. The fraction of sp³-hybridized carbons (Fsp3) is 0.235. The number of hydrogen-bond acceptors (Lipinski definition) is 6. The average Bonchev–Trinajstić information content (AvgIpc) is 2.92. The van der Waals surface area contributed by atoms with Gasteiger partial charge in [-0.2, -0.15) is 0 Å². The first-order chi connectivity index (χ1) is 11.0. The minimum Gasteiger partial charge on any atom is -0.497 e. The number of rotatable bonds is 2. The third-order valence-electron chi connectivity index (χ3n) is 4.76. The Kier molecular flexibility index (Phi) is 2.59. The van der Waals surface area contributed by atoms with E-state index in [2.05, 4.69) is 5.32 Å². The molecule has 118 valence electrons. The van der Waals surface area contributed by atoms with Gasteiger partial charge in [-0.15, -0.1) is 0 Å². The Bertz CT molecular complexity index is 850. The van der Waals surface area contributed by atoms with Crippen molar-refractivity contribution in [3.63, 3.8) is 0 Å². The number of ether oxygens (including phenoxy) is 2. The van der Waals surface area contributed by atoms with E-state index >= 15 is 0 Å². The number of ketones is 1. The lowest BCUT2D eigenvalue weighted by atomic mass is 9.83. The van der Waals surface area contributed by atoms with Gasteiger partial charge in [-0.05, 0) is 25.2 Å². The summed E-state index contributed by atoms with van der Waals surface area (Å²) in [5.74, 6) is -1.17. The summed E-state index contributed by atoms with van der Waals surface area (Å²) in [4.78, 5) is 13.2. The summed E-state index contributed by atoms with van der Waals surface area (Å²) in [5.41, 5.74) is 6.09. The molecule has 2 atom stereocenters. The van der Waals surface area contributed by atoms with Crippen LogP contribution in [0.15, 0.2) is 36.4 Å². The molecule has 0 saturated carbocycles. The Morgan fingerprint density at radius 2 is 2.04 bits per heavy atom. The van der Waals surface area contributed by atoms with Gasteiger partial charge in [0.05, 0.1) is 12.7 Å². The quantitative estimate of drug-likeness (QED) is 0.720. The molecule has 4 N–H and O–H groups in total. The Morgan fingerprint density at radius 3 is 2.74 bits per heavy atom. The molecule has 0 bridgehead atoms. The predicted molar refractivity (Wildman–Crippen MR) is 83.4 cm³/mol. The number of nitrogens with two attached hydrogens (primary N) is 1. The second-order valence-electron chi connectivity index (χ2n) is 5.71. The summed E-state index contributed by atoms with van der Waals surface area (Å²) < 4.78 is 11.0. The molecule has 2 aliphatic rings. The number of carbonyl (C=O) groups is 1. The third kappa shape index (κ3) is 1.38. The zero-order valence-corrected chi connectivity index (χ0v) is 12.7. The van der Waals surface area contributed by atoms with E-state index in [0.717, 1.165) is 0 Å². The molecule has 0 spiro atoms. The lowest BCUT2D eigenvalue weighted by Gasteiger charge is -2.33. The highest BCUT2D eigenvalue weighted by Crippen LogP contribution is 2.59. The van der Waals surface area contributed by atoms with Crippen LogP contribution in [0.1, 0.15) is 21.5 Å². The van der Waals surface area contributed by atoms with Crippen molar-refractivity contribution >= 4 is 11.5 Å². The molecule has 2 aromatic carbocycles. The smallest absolute Gasteiger partial charge is 0.266 e. The molecule has 0 saturated heterocycles. The monoisotopic (exact) mass is 312 g/mol. The molecule has 6 nitrogen and oxygen atoms in total. The van der Waals surface area contributed by atoms with E-state index in [1.54, 1.807) is 50.6 Å². The van der Waals surface area contributed by atoms with Gasteiger partial charge in [-0.1, -0.05) is 12.1 Å². The molecular formula is C17H16N2O4. The van der Waals surface area contributed by atoms with Crippen LogP contribution in [-0.2, 0) is 11.3 Å². The van der Waals surface area contributed by atoms with Crippen molar-refractivity contribution in [2.75, 3.05) is 19.9 Å². The number of hydrogen-bond donors (Lipinski definition) is 3. The Hall–Kier alpha value is -2.57. The maximum atomic E-state index is 13.2. The molecule has 0 radical (unpaired) electrons.